The number of allylic oxidation sites excluding steroid dienone is 3. The van der Waals surface area contributed by atoms with Crippen LogP contribution in [0.4, 0.5) is 24.9 Å². The Morgan fingerprint density at radius 2 is 1.86 bits per heavy atom. The van der Waals surface area contributed by atoms with E-state index in [-0.39, 0.29) is 36.9 Å². The summed E-state index contributed by atoms with van der Waals surface area (Å²) in [7, 11) is 1.72. The summed E-state index contributed by atoms with van der Waals surface area (Å²) in [4.78, 5) is 14.6. The third kappa shape index (κ3) is 17.1. The van der Waals surface area contributed by atoms with Gasteiger partial charge in [0.25, 0.3) is 5.95 Å². The number of nitrogens with one attached hydrogen (secondary N) is 2. The molecule has 11 nitrogen and oxygen atoms in total. The Hall–Kier alpha value is -2.85. The Labute approximate surface area is 291 Å². The highest BCUT2D eigenvalue weighted by Crippen LogP contribution is 2.34. The number of halogens is 3. The van der Waals surface area contributed by atoms with E-state index < -0.39 is 33.8 Å². The molecule has 1 aromatic rings. The monoisotopic (exact) mass is 717 g/mol. The Kier molecular flexibility index (Phi) is 19.3. The fourth-order valence-electron chi connectivity index (χ4n) is 4.50. The number of aliphatic hydroxyl groups excluding tert-OH is 1. The van der Waals surface area contributed by atoms with Gasteiger partial charge < -0.3 is 20.1 Å². The van der Waals surface area contributed by atoms with Gasteiger partial charge in [0.1, 0.15) is 23.4 Å². The molecule has 1 rings (SSSR count). The van der Waals surface area contributed by atoms with Gasteiger partial charge in [0, 0.05) is 38.3 Å². The zero-order valence-electron chi connectivity index (χ0n) is 30.8. The molecule has 15 heteroatoms. The van der Waals surface area contributed by atoms with Crippen molar-refractivity contribution in [2.45, 2.75) is 85.7 Å². The summed E-state index contributed by atoms with van der Waals surface area (Å²) >= 11 is 0. The molecular weight excluding hydrogens is 659 g/mol. The minimum Gasteiger partial charge on any atom is -0.495 e. The molecule has 0 radical (unpaired) electrons. The van der Waals surface area contributed by atoms with Gasteiger partial charge in [-0.2, -0.15) is 18.2 Å². The molecule has 0 fully saturated rings. The van der Waals surface area contributed by atoms with Crippen molar-refractivity contribution >= 4 is 27.5 Å². The number of aromatic nitrogens is 2. The van der Waals surface area contributed by atoms with Crippen molar-refractivity contribution < 1.29 is 31.4 Å². The molecule has 49 heavy (non-hydrogen) atoms. The first-order valence-corrected chi connectivity index (χ1v) is 18.6. The maximum atomic E-state index is 13.9. The van der Waals surface area contributed by atoms with E-state index in [1.165, 1.54) is 18.5 Å². The molecule has 3 N–H and O–H groups in total. The topological polar surface area (TPSA) is 132 Å². The number of methoxy groups -OCH3 is 1. The highest BCUT2D eigenvalue weighted by molar-refractivity contribution is 7.88. The third-order valence-corrected chi connectivity index (χ3v) is 9.47. The molecule has 0 aliphatic carbocycles. The second-order valence-electron chi connectivity index (χ2n) is 12.5. The Morgan fingerprint density at radius 3 is 2.43 bits per heavy atom. The normalized spacial score (nSPS) is 16.4. The summed E-state index contributed by atoms with van der Waals surface area (Å²) in [5.41, 5.74) is 0.136. The predicted molar refractivity (Wildman–Crippen MR) is 192 cm³/mol. The van der Waals surface area contributed by atoms with Crippen LogP contribution >= 0.6 is 0 Å². The van der Waals surface area contributed by atoms with Crippen molar-refractivity contribution in [2.75, 3.05) is 59.0 Å². The van der Waals surface area contributed by atoms with Gasteiger partial charge in [-0.3, -0.25) is 5.32 Å². The number of aliphatic imine (C=N–C) groups is 1. The smallest absolute Gasteiger partial charge is 0.421 e. The van der Waals surface area contributed by atoms with Gasteiger partial charge in [0.05, 0.1) is 19.1 Å². The number of unbranched alkanes of at least 4 members (excludes halogenated alkanes) is 1. The van der Waals surface area contributed by atoms with Gasteiger partial charge in [0.2, 0.25) is 10.0 Å². The van der Waals surface area contributed by atoms with Crippen LogP contribution in [0.15, 0.2) is 46.8 Å². The second-order valence-corrected chi connectivity index (χ2v) is 14.6. The largest absolute Gasteiger partial charge is 0.495 e. The number of anilines is 1. The number of sulfonamides is 1. The van der Waals surface area contributed by atoms with Gasteiger partial charge >= 0.3 is 6.18 Å². The Morgan fingerprint density at radius 1 is 1.18 bits per heavy atom. The number of hydrogen-bond acceptors (Lipinski definition) is 10. The number of aliphatic hydroxyl groups is 1. The van der Waals surface area contributed by atoms with E-state index in [0.29, 0.717) is 24.1 Å². The molecule has 0 bridgehead atoms. The van der Waals surface area contributed by atoms with Gasteiger partial charge in [-0.05, 0) is 72.2 Å². The van der Waals surface area contributed by atoms with Crippen LogP contribution in [-0.4, -0.2) is 104 Å². The molecule has 0 aromatic carbocycles. The number of hydrogen-bond donors (Lipinski definition) is 3. The van der Waals surface area contributed by atoms with Gasteiger partial charge in [-0.25, -0.2) is 22.7 Å². The SMILES string of the molecule is CCC(C=CC(C)=CCN(C)S(C)(=O)=O)CNc1nc(N=C(C)/C(=C\C(C)C(O)NC(C)CCCCN(C)CC)OC)ncc1C(F)(F)F. The first kappa shape index (κ1) is 44.2. The molecule has 4 atom stereocenters. The second kappa shape index (κ2) is 21.4. The van der Waals surface area contributed by atoms with Crippen LogP contribution in [0.1, 0.15) is 72.8 Å². The summed E-state index contributed by atoms with van der Waals surface area (Å²) < 4.78 is 71.6. The van der Waals surface area contributed by atoms with Crippen molar-refractivity contribution in [3.63, 3.8) is 0 Å². The lowest BCUT2D eigenvalue weighted by atomic mass is 10.0. The summed E-state index contributed by atoms with van der Waals surface area (Å²) in [5.74, 6) is -0.742. The fraction of sp³-hybridized carbons (Fsp3) is 0.676. The summed E-state index contributed by atoms with van der Waals surface area (Å²) in [6.07, 6.45) is 7.10. The Balaban J connectivity index is 3.06. The minimum absolute atomic E-state index is 0.0993. The van der Waals surface area contributed by atoms with Crippen molar-refractivity contribution in [3.8, 4) is 0 Å². The molecule has 0 saturated heterocycles. The van der Waals surface area contributed by atoms with E-state index in [0.717, 1.165) is 44.2 Å². The van der Waals surface area contributed by atoms with Crippen molar-refractivity contribution in [3.05, 3.63) is 47.4 Å². The van der Waals surface area contributed by atoms with E-state index in [1.807, 2.05) is 39.8 Å². The summed E-state index contributed by atoms with van der Waals surface area (Å²) in [5, 5.41) is 16.8. The number of nitrogens with zero attached hydrogens (tertiary/aromatic N) is 5. The quantitative estimate of drug-likeness (QED) is 0.0434. The number of likely N-dealkylation sites (N-methyl/N-ethyl adjacent to an activating group) is 1. The third-order valence-electron chi connectivity index (χ3n) is 8.18. The maximum absolute atomic E-state index is 13.9. The Bertz CT molecular complexity index is 1380. The van der Waals surface area contributed by atoms with E-state index in [9.17, 15) is 26.7 Å². The van der Waals surface area contributed by atoms with Crippen LogP contribution in [0.25, 0.3) is 0 Å². The molecule has 4 unspecified atom stereocenters. The van der Waals surface area contributed by atoms with E-state index in [4.69, 9.17) is 4.74 Å². The number of alkyl halides is 3. The summed E-state index contributed by atoms with van der Waals surface area (Å²) in [6, 6.07) is 0.0993. The van der Waals surface area contributed by atoms with Gasteiger partial charge in [0.15, 0.2) is 0 Å². The van der Waals surface area contributed by atoms with Gasteiger partial charge in [-0.1, -0.05) is 51.0 Å². The average Bonchev–Trinajstić information content (AvgIpc) is 3.03. The van der Waals surface area contributed by atoms with Crippen LogP contribution in [0.3, 0.4) is 0 Å². The molecule has 0 saturated carbocycles. The number of rotatable bonds is 22. The lowest BCUT2D eigenvalue weighted by molar-refractivity contribution is -0.137. The van der Waals surface area contributed by atoms with E-state index >= 15 is 0 Å². The van der Waals surface area contributed by atoms with Crippen LogP contribution in [0, 0.1) is 11.8 Å². The lowest BCUT2D eigenvalue weighted by Crippen LogP contribution is -2.40. The highest BCUT2D eigenvalue weighted by Gasteiger charge is 2.35. The lowest BCUT2D eigenvalue weighted by Gasteiger charge is -2.23. The molecule has 0 aliphatic heterocycles. The first-order valence-electron chi connectivity index (χ1n) is 16.7. The fourth-order valence-corrected chi connectivity index (χ4v) is 4.84. The molecule has 0 aliphatic rings. The molecule has 1 aromatic heterocycles. The molecular formula is C34H58F3N7O4S. The predicted octanol–water partition coefficient (Wildman–Crippen LogP) is 6.00. The molecule has 0 amide bonds. The molecule has 280 valence electrons. The van der Waals surface area contributed by atoms with E-state index in [1.54, 1.807) is 19.1 Å². The van der Waals surface area contributed by atoms with Crippen molar-refractivity contribution in [1.82, 2.24) is 24.5 Å². The van der Waals surface area contributed by atoms with Crippen LogP contribution in [0.5, 0.6) is 0 Å². The number of ether oxygens (including phenoxy) is 1. The zero-order chi connectivity index (χ0) is 37.4. The van der Waals surface area contributed by atoms with Crippen LogP contribution in [0.2, 0.25) is 0 Å². The standard InChI is InChI=1S/C34H58F3N7O4S/c1-11-28(17-16-24(3)18-20-44(8)49(10,46)47)22-38-31-29(34(35,36)37)23-39-33(42-31)41-27(6)30(48-9)21-25(4)32(45)40-26(5)15-13-14-19-43(7)12-2/h16-18,21,23,25-26,28,32,40,45H,11-15,19-20,22H2,1-10H3,(H,38,39,42)/b17-16?,24-18?,30-21+,41-27?. The highest BCUT2D eigenvalue weighted by atomic mass is 32.2. The van der Waals surface area contributed by atoms with Crippen molar-refractivity contribution in [1.29, 1.82) is 0 Å². The van der Waals surface area contributed by atoms with Crippen LogP contribution < -0.4 is 10.6 Å². The van der Waals surface area contributed by atoms with E-state index in [2.05, 4.69) is 44.5 Å². The first-order chi connectivity index (χ1) is 22.8. The minimum atomic E-state index is -4.69. The zero-order valence-corrected chi connectivity index (χ0v) is 31.6. The molecule has 1 heterocycles. The average molecular weight is 718 g/mol. The van der Waals surface area contributed by atoms with Gasteiger partial charge in [-0.15, -0.1) is 0 Å². The maximum Gasteiger partial charge on any atom is 0.421 e. The van der Waals surface area contributed by atoms with Crippen LogP contribution in [-0.2, 0) is 20.9 Å². The summed E-state index contributed by atoms with van der Waals surface area (Å²) in [6.45, 7) is 13.8. The van der Waals surface area contributed by atoms with Crippen molar-refractivity contribution in [2.24, 2.45) is 16.8 Å². The molecule has 0 spiro atoms.